The SMILES string of the molecule is CCCN(C(C)=O)c1ccc(=O)[nH]n1. The molecule has 0 aromatic carbocycles. The average Bonchev–Trinajstić information content (AvgIpc) is 2.15. The lowest BCUT2D eigenvalue weighted by Gasteiger charge is -2.17. The Labute approximate surface area is 81.7 Å². The molecule has 1 aromatic rings. The molecular weight excluding hydrogens is 182 g/mol. The number of anilines is 1. The highest BCUT2D eigenvalue weighted by Gasteiger charge is 2.10. The summed E-state index contributed by atoms with van der Waals surface area (Å²) in [6.07, 6.45) is 0.848. The molecule has 1 aromatic heterocycles. The number of aromatic nitrogens is 2. The summed E-state index contributed by atoms with van der Waals surface area (Å²) in [7, 11) is 0. The molecule has 76 valence electrons. The van der Waals surface area contributed by atoms with Gasteiger partial charge in [0.1, 0.15) is 0 Å². The molecule has 0 aliphatic heterocycles. The van der Waals surface area contributed by atoms with Gasteiger partial charge in [-0.15, -0.1) is 0 Å². The van der Waals surface area contributed by atoms with Gasteiger partial charge in [0.15, 0.2) is 5.82 Å². The molecule has 0 saturated carbocycles. The van der Waals surface area contributed by atoms with Crippen molar-refractivity contribution in [1.82, 2.24) is 10.2 Å². The number of nitrogens with one attached hydrogen (secondary N) is 1. The zero-order chi connectivity index (χ0) is 10.6. The molecular formula is C9H13N3O2. The zero-order valence-corrected chi connectivity index (χ0v) is 8.28. The molecule has 0 unspecified atom stereocenters. The first-order valence-electron chi connectivity index (χ1n) is 4.49. The Morgan fingerprint density at radius 3 is 2.71 bits per heavy atom. The van der Waals surface area contributed by atoms with Crippen LogP contribution in [-0.2, 0) is 4.79 Å². The van der Waals surface area contributed by atoms with E-state index in [0.29, 0.717) is 12.4 Å². The first-order chi connectivity index (χ1) is 6.65. The molecule has 0 bridgehead atoms. The maximum atomic E-state index is 11.2. The molecule has 0 aliphatic carbocycles. The average molecular weight is 195 g/mol. The van der Waals surface area contributed by atoms with Crippen LogP contribution in [0, 0.1) is 0 Å². The van der Waals surface area contributed by atoms with Gasteiger partial charge in [0.25, 0.3) is 5.56 Å². The smallest absolute Gasteiger partial charge is 0.264 e. The van der Waals surface area contributed by atoms with Crippen molar-refractivity contribution >= 4 is 11.7 Å². The summed E-state index contributed by atoms with van der Waals surface area (Å²) in [5, 5.41) is 6.08. The van der Waals surface area contributed by atoms with E-state index in [1.54, 1.807) is 0 Å². The minimum absolute atomic E-state index is 0.0774. The van der Waals surface area contributed by atoms with Crippen LogP contribution in [-0.4, -0.2) is 22.6 Å². The van der Waals surface area contributed by atoms with Crippen molar-refractivity contribution in [2.75, 3.05) is 11.4 Å². The van der Waals surface area contributed by atoms with E-state index in [1.165, 1.54) is 24.0 Å². The summed E-state index contributed by atoms with van der Waals surface area (Å²) < 4.78 is 0. The molecule has 1 N–H and O–H groups in total. The number of hydrogen-bond acceptors (Lipinski definition) is 3. The molecule has 0 aliphatic rings. The molecule has 0 fully saturated rings. The molecule has 0 atom stereocenters. The van der Waals surface area contributed by atoms with Crippen molar-refractivity contribution in [3.8, 4) is 0 Å². The molecule has 1 rings (SSSR count). The monoisotopic (exact) mass is 195 g/mol. The standard InChI is InChI=1S/C9H13N3O2/c1-3-6-12(7(2)13)8-4-5-9(14)11-10-8/h4-5H,3,6H2,1-2H3,(H,11,14). The molecule has 0 radical (unpaired) electrons. The molecule has 1 heterocycles. The minimum atomic E-state index is -0.270. The number of aromatic amines is 1. The predicted octanol–water partition coefficient (Wildman–Crippen LogP) is 0.533. The fourth-order valence-corrected chi connectivity index (χ4v) is 1.14. The van der Waals surface area contributed by atoms with Gasteiger partial charge in [-0.3, -0.25) is 14.5 Å². The fourth-order valence-electron chi connectivity index (χ4n) is 1.14. The summed E-state index contributed by atoms with van der Waals surface area (Å²) >= 11 is 0. The Bertz CT molecular complexity index is 352. The quantitative estimate of drug-likeness (QED) is 0.765. The van der Waals surface area contributed by atoms with E-state index in [9.17, 15) is 9.59 Å². The van der Waals surface area contributed by atoms with Crippen LogP contribution >= 0.6 is 0 Å². The van der Waals surface area contributed by atoms with Crippen LogP contribution in [0.2, 0.25) is 0 Å². The topological polar surface area (TPSA) is 66.1 Å². The van der Waals surface area contributed by atoms with Gasteiger partial charge in [0.2, 0.25) is 5.91 Å². The van der Waals surface area contributed by atoms with Crippen molar-refractivity contribution in [3.63, 3.8) is 0 Å². The predicted molar refractivity (Wildman–Crippen MR) is 53.2 cm³/mol. The van der Waals surface area contributed by atoms with E-state index in [1.807, 2.05) is 6.92 Å². The highest BCUT2D eigenvalue weighted by atomic mass is 16.2. The van der Waals surface area contributed by atoms with Crippen molar-refractivity contribution in [3.05, 3.63) is 22.5 Å². The van der Waals surface area contributed by atoms with Gasteiger partial charge in [-0.25, -0.2) is 5.10 Å². The number of rotatable bonds is 3. The minimum Gasteiger partial charge on any atom is -0.296 e. The molecule has 5 heteroatoms. The first kappa shape index (κ1) is 10.4. The second-order valence-electron chi connectivity index (χ2n) is 2.95. The highest BCUT2D eigenvalue weighted by molar-refractivity contribution is 5.90. The summed E-state index contributed by atoms with van der Waals surface area (Å²) in [6.45, 7) is 4.05. The van der Waals surface area contributed by atoms with Crippen LogP contribution in [0.1, 0.15) is 20.3 Å². The largest absolute Gasteiger partial charge is 0.296 e. The Kier molecular flexibility index (Phi) is 3.39. The number of nitrogens with zero attached hydrogens (tertiary/aromatic N) is 2. The molecule has 1 amide bonds. The van der Waals surface area contributed by atoms with Gasteiger partial charge in [-0.1, -0.05) is 6.92 Å². The normalized spacial score (nSPS) is 9.86. The molecule has 14 heavy (non-hydrogen) atoms. The number of carbonyl (C=O) groups excluding carboxylic acids is 1. The lowest BCUT2D eigenvalue weighted by Crippen LogP contribution is -2.30. The van der Waals surface area contributed by atoms with Crippen LogP contribution in [0.3, 0.4) is 0 Å². The van der Waals surface area contributed by atoms with E-state index in [0.717, 1.165) is 6.42 Å². The molecule has 0 spiro atoms. The molecule has 0 saturated heterocycles. The van der Waals surface area contributed by atoms with Gasteiger partial charge in [-0.2, -0.15) is 5.10 Å². The van der Waals surface area contributed by atoms with Crippen LogP contribution in [0.4, 0.5) is 5.82 Å². The maximum absolute atomic E-state index is 11.2. The van der Waals surface area contributed by atoms with Gasteiger partial charge in [0, 0.05) is 19.5 Å². The van der Waals surface area contributed by atoms with Crippen LogP contribution in [0.15, 0.2) is 16.9 Å². The van der Waals surface area contributed by atoms with Gasteiger partial charge < -0.3 is 0 Å². The van der Waals surface area contributed by atoms with Crippen LogP contribution in [0.5, 0.6) is 0 Å². The highest BCUT2D eigenvalue weighted by Crippen LogP contribution is 2.07. The van der Waals surface area contributed by atoms with Gasteiger partial charge in [-0.05, 0) is 12.5 Å². The number of amides is 1. The first-order valence-corrected chi connectivity index (χ1v) is 4.49. The Hall–Kier alpha value is -1.65. The Morgan fingerprint density at radius 2 is 2.29 bits per heavy atom. The summed E-state index contributed by atoms with van der Waals surface area (Å²) in [6, 6.07) is 2.89. The Balaban J connectivity index is 2.93. The van der Waals surface area contributed by atoms with E-state index >= 15 is 0 Å². The third-order valence-corrected chi connectivity index (χ3v) is 1.77. The summed E-state index contributed by atoms with van der Waals surface area (Å²) in [4.78, 5) is 23.5. The lowest BCUT2D eigenvalue weighted by atomic mass is 10.4. The van der Waals surface area contributed by atoms with Gasteiger partial charge >= 0.3 is 0 Å². The van der Waals surface area contributed by atoms with Crippen molar-refractivity contribution < 1.29 is 4.79 Å². The van der Waals surface area contributed by atoms with Gasteiger partial charge in [0.05, 0.1) is 0 Å². The summed E-state index contributed by atoms with van der Waals surface area (Å²) in [5.74, 6) is 0.408. The van der Waals surface area contributed by atoms with Crippen molar-refractivity contribution in [2.24, 2.45) is 0 Å². The maximum Gasteiger partial charge on any atom is 0.264 e. The van der Waals surface area contributed by atoms with E-state index in [4.69, 9.17) is 0 Å². The van der Waals surface area contributed by atoms with Crippen molar-refractivity contribution in [1.29, 1.82) is 0 Å². The lowest BCUT2D eigenvalue weighted by molar-refractivity contribution is -0.116. The Morgan fingerprint density at radius 1 is 1.57 bits per heavy atom. The zero-order valence-electron chi connectivity index (χ0n) is 8.28. The molecule has 5 nitrogen and oxygen atoms in total. The summed E-state index contributed by atoms with van der Waals surface area (Å²) in [5.41, 5.74) is -0.270. The number of carbonyl (C=O) groups is 1. The fraction of sp³-hybridized carbons (Fsp3) is 0.444. The third-order valence-electron chi connectivity index (χ3n) is 1.77. The number of hydrogen-bond donors (Lipinski definition) is 1. The second kappa shape index (κ2) is 4.55. The van der Waals surface area contributed by atoms with Crippen molar-refractivity contribution in [2.45, 2.75) is 20.3 Å². The van der Waals surface area contributed by atoms with E-state index in [2.05, 4.69) is 10.2 Å². The number of H-pyrrole nitrogens is 1. The van der Waals surface area contributed by atoms with Crippen LogP contribution < -0.4 is 10.5 Å². The van der Waals surface area contributed by atoms with E-state index < -0.39 is 0 Å². The van der Waals surface area contributed by atoms with E-state index in [-0.39, 0.29) is 11.5 Å². The van der Waals surface area contributed by atoms with Crippen LogP contribution in [0.25, 0.3) is 0 Å². The second-order valence-corrected chi connectivity index (χ2v) is 2.95. The third kappa shape index (κ3) is 2.42.